The Morgan fingerprint density at radius 1 is 1.18 bits per heavy atom. The highest BCUT2D eigenvalue weighted by atomic mass is 19.1. The fraction of sp³-hybridized carbons (Fsp3) is 0.235. The molecule has 0 aromatic heterocycles. The van der Waals surface area contributed by atoms with Crippen molar-refractivity contribution < 1.29 is 13.6 Å². The van der Waals surface area contributed by atoms with Crippen molar-refractivity contribution in [1.82, 2.24) is 0 Å². The Kier molecular flexibility index (Phi) is 3.79. The summed E-state index contributed by atoms with van der Waals surface area (Å²) >= 11 is 0. The van der Waals surface area contributed by atoms with Gasteiger partial charge in [0.25, 0.3) is 0 Å². The Bertz CT molecular complexity index is 697. The average Bonchev–Trinajstić information content (AvgIpc) is 2.79. The van der Waals surface area contributed by atoms with Crippen molar-refractivity contribution >= 4 is 17.3 Å². The molecule has 0 bridgehead atoms. The largest absolute Gasteiger partial charge is 0.359 e. The molecule has 1 N–H and O–H groups in total. The highest BCUT2D eigenvalue weighted by Gasteiger charge is 2.27. The number of carbonyl (C=O) groups excluding carboxylic acids is 1. The Morgan fingerprint density at radius 2 is 1.86 bits per heavy atom. The zero-order valence-electron chi connectivity index (χ0n) is 12.1. The molecular formula is C17H16F2N2O. The highest BCUT2D eigenvalue weighted by Crippen LogP contribution is 2.31. The Balaban J connectivity index is 1.75. The van der Waals surface area contributed by atoms with Gasteiger partial charge in [0.15, 0.2) is 0 Å². The molecular weight excluding hydrogens is 286 g/mol. The topological polar surface area (TPSA) is 32.3 Å². The van der Waals surface area contributed by atoms with Crippen molar-refractivity contribution in [2.45, 2.75) is 19.4 Å². The predicted octanol–water partition coefficient (Wildman–Crippen LogP) is 3.35. The number of nitrogens with zero attached hydrogens (tertiary/aromatic N) is 1. The van der Waals surface area contributed by atoms with Crippen LogP contribution in [0.25, 0.3) is 0 Å². The maximum absolute atomic E-state index is 13.6. The number of anilines is 2. The first kappa shape index (κ1) is 14.5. The second-order valence-corrected chi connectivity index (χ2v) is 5.45. The van der Waals surface area contributed by atoms with Gasteiger partial charge in [-0.15, -0.1) is 0 Å². The lowest BCUT2D eigenvalue weighted by molar-refractivity contribution is -0.115. The van der Waals surface area contributed by atoms with Gasteiger partial charge in [0, 0.05) is 11.7 Å². The van der Waals surface area contributed by atoms with Crippen LogP contribution in [0.15, 0.2) is 42.5 Å². The van der Waals surface area contributed by atoms with Crippen LogP contribution in [0, 0.1) is 11.6 Å². The SMILES string of the molecule is C[C@@H]1Cc2ccccc2N1CC(=O)Nc1c(F)cccc1F. The van der Waals surface area contributed by atoms with Gasteiger partial charge in [0.05, 0.1) is 6.54 Å². The van der Waals surface area contributed by atoms with E-state index in [-0.39, 0.29) is 12.6 Å². The van der Waals surface area contributed by atoms with Crippen LogP contribution in [0.5, 0.6) is 0 Å². The molecule has 1 aliphatic heterocycles. The minimum Gasteiger partial charge on any atom is -0.359 e. The molecule has 0 spiro atoms. The summed E-state index contributed by atoms with van der Waals surface area (Å²) < 4.78 is 27.1. The summed E-state index contributed by atoms with van der Waals surface area (Å²) in [5, 5.41) is 2.33. The molecule has 1 amide bonds. The highest BCUT2D eigenvalue weighted by molar-refractivity contribution is 5.94. The van der Waals surface area contributed by atoms with E-state index in [0.717, 1.165) is 24.2 Å². The summed E-state index contributed by atoms with van der Waals surface area (Å²) in [7, 11) is 0. The first-order valence-electron chi connectivity index (χ1n) is 7.14. The minimum absolute atomic E-state index is 0.0615. The van der Waals surface area contributed by atoms with Gasteiger partial charge in [0.1, 0.15) is 17.3 Å². The number of hydrogen-bond donors (Lipinski definition) is 1. The van der Waals surface area contributed by atoms with Gasteiger partial charge in [-0.05, 0) is 37.1 Å². The number of fused-ring (bicyclic) bond motifs is 1. The van der Waals surface area contributed by atoms with Crippen LogP contribution in [0.3, 0.4) is 0 Å². The maximum atomic E-state index is 13.6. The van der Waals surface area contributed by atoms with Crippen molar-refractivity contribution in [2.24, 2.45) is 0 Å². The molecule has 114 valence electrons. The lowest BCUT2D eigenvalue weighted by Crippen LogP contribution is -2.37. The number of benzene rings is 2. The van der Waals surface area contributed by atoms with Crippen LogP contribution in [0.1, 0.15) is 12.5 Å². The third-order valence-corrected chi connectivity index (χ3v) is 3.89. The van der Waals surface area contributed by atoms with E-state index in [1.54, 1.807) is 0 Å². The first-order valence-corrected chi connectivity index (χ1v) is 7.14. The smallest absolute Gasteiger partial charge is 0.244 e. The van der Waals surface area contributed by atoms with Crippen LogP contribution in [0.2, 0.25) is 0 Å². The molecule has 0 radical (unpaired) electrons. The molecule has 0 unspecified atom stereocenters. The lowest BCUT2D eigenvalue weighted by atomic mass is 10.1. The summed E-state index contributed by atoms with van der Waals surface area (Å²) in [5.41, 5.74) is 1.78. The minimum atomic E-state index is -0.775. The number of amides is 1. The summed E-state index contributed by atoms with van der Waals surface area (Å²) in [6.45, 7) is 2.09. The molecule has 3 rings (SSSR count). The summed E-state index contributed by atoms with van der Waals surface area (Å²) in [6, 6.07) is 11.5. The Hall–Kier alpha value is -2.43. The van der Waals surface area contributed by atoms with E-state index in [9.17, 15) is 13.6 Å². The zero-order valence-corrected chi connectivity index (χ0v) is 12.1. The monoisotopic (exact) mass is 302 g/mol. The van der Waals surface area contributed by atoms with Crippen LogP contribution in [-0.4, -0.2) is 18.5 Å². The van der Waals surface area contributed by atoms with Crippen LogP contribution in [0.4, 0.5) is 20.2 Å². The van der Waals surface area contributed by atoms with Gasteiger partial charge in [-0.1, -0.05) is 24.3 Å². The van der Waals surface area contributed by atoms with Crippen molar-refractivity contribution in [3.63, 3.8) is 0 Å². The van der Waals surface area contributed by atoms with E-state index >= 15 is 0 Å². The van der Waals surface area contributed by atoms with Crippen molar-refractivity contribution in [2.75, 3.05) is 16.8 Å². The second kappa shape index (κ2) is 5.75. The van der Waals surface area contributed by atoms with Gasteiger partial charge in [0.2, 0.25) is 5.91 Å². The molecule has 3 nitrogen and oxygen atoms in total. The summed E-state index contributed by atoms with van der Waals surface area (Å²) in [6.07, 6.45) is 0.859. The standard InChI is InChI=1S/C17H16F2N2O/c1-11-9-12-5-2-3-8-15(12)21(11)10-16(22)20-17-13(18)6-4-7-14(17)19/h2-8,11H,9-10H2,1H3,(H,20,22)/t11-/m1/s1. The summed E-state index contributed by atoms with van der Waals surface area (Å²) in [4.78, 5) is 14.1. The molecule has 2 aromatic rings. The number of para-hydroxylation sites is 2. The van der Waals surface area contributed by atoms with E-state index in [1.807, 2.05) is 36.1 Å². The van der Waals surface area contributed by atoms with E-state index < -0.39 is 23.2 Å². The second-order valence-electron chi connectivity index (χ2n) is 5.45. The van der Waals surface area contributed by atoms with E-state index in [2.05, 4.69) is 5.32 Å². The number of hydrogen-bond acceptors (Lipinski definition) is 2. The number of nitrogens with one attached hydrogen (secondary N) is 1. The third kappa shape index (κ3) is 2.66. The fourth-order valence-corrected chi connectivity index (χ4v) is 2.82. The number of carbonyl (C=O) groups is 1. The molecule has 0 saturated carbocycles. The molecule has 1 atom stereocenters. The maximum Gasteiger partial charge on any atom is 0.244 e. The van der Waals surface area contributed by atoms with E-state index in [1.165, 1.54) is 11.6 Å². The van der Waals surface area contributed by atoms with Crippen LogP contribution < -0.4 is 10.2 Å². The average molecular weight is 302 g/mol. The van der Waals surface area contributed by atoms with E-state index in [4.69, 9.17) is 0 Å². The predicted molar refractivity (Wildman–Crippen MR) is 81.9 cm³/mol. The van der Waals surface area contributed by atoms with Crippen molar-refractivity contribution in [3.05, 3.63) is 59.7 Å². The quantitative estimate of drug-likeness (QED) is 0.943. The molecule has 22 heavy (non-hydrogen) atoms. The summed E-state index contributed by atoms with van der Waals surface area (Å²) in [5.74, 6) is -1.99. The Morgan fingerprint density at radius 3 is 2.59 bits per heavy atom. The van der Waals surface area contributed by atoms with Gasteiger partial charge in [-0.25, -0.2) is 8.78 Å². The van der Waals surface area contributed by atoms with Crippen molar-refractivity contribution in [3.8, 4) is 0 Å². The van der Waals surface area contributed by atoms with E-state index in [0.29, 0.717) is 0 Å². The molecule has 1 aliphatic rings. The molecule has 0 fully saturated rings. The normalized spacial score (nSPS) is 16.5. The zero-order chi connectivity index (χ0) is 15.7. The van der Waals surface area contributed by atoms with Gasteiger partial charge in [-0.3, -0.25) is 4.79 Å². The lowest BCUT2D eigenvalue weighted by Gasteiger charge is -2.24. The molecule has 0 aliphatic carbocycles. The van der Waals surface area contributed by atoms with Gasteiger partial charge in [-0.2, -0.15) is 0 Å². The molecule has 1 heterocycles. The number of rotatable bonds is 3. The molecule has 5 heteroatoms. The fourth-order valence-electron chi connectivity index (χ4n) is 2.82. The third-order valence-electron chi connectivity index (χ3n) is 3.89. The molecule has 0 saturated heterocycles. The Labute approximate surface area is 127 Å². The molecule has 2 aromatic carbocycles. The van der Waals surface area contributed by atoms with Gasteiger partial charge < -0.3 is 10.2 Å². The van der Waals surface area contributed by atoms with Crippen LogP contribution >= 0.6 is 0 Å². The van der Waals surface area contributed by atoms with Crippen LogP contribution in [-0.2, 0) is 11.2 Å². The van der Waals surface area contributed by atoms with Gasteiger partial charge >= 0.3 is 0 Å². The van der Waals surface area contributed by atoms with Crippen molar-refractivity contribution in [1.29, 1.82) is 0 Å². The first-order chi connectivity index (χ1) is 10.6. The number of halogens is 2.